The van der Waals surface area contributed by atoms with Crippen LogP contribution in [0.3, 0.4) is 0 Å². The van der Waals surface area contributed by atoms with Gasteiger partial charge in [-0.15, -0.1) is 24.8 Å². The Morgan fingerprint density at radius 1 is 1.17 bits per heavy atom. The number of nitrogens with zero attached hydrogens (tertiary/aromatic N) is 1. The van der Waals surface area contributed by atoms with Crippen LogP contribution in [0.1, 0.15) is 65.2 Å². The highest BCUT2D eigenvalue weighted by atomic mass is 35.5. The summed E-state index contributed by atoms with van der Waals surface area (Å²) >= 11 is 0. The van der Waals surface area contributed by atoms with Gasteiger partial charge >= 0.3 is 0 Å². The Labute approximate surface area is 160 Å². The van der Waals surface area contributed by atoms with Crippen LogP contribution in [0.25, 0.3) is 0 Å². The molecule has 0 spiro atoms. The zero-order chi connectivity index (χ0) is 16.0. The third kappa shape index (κ3) is 7.47. The molecule has 2 rings (SSSR count). The number of piperidine rings is 1. The molecule has 1 aliphatic heterocycles. The molecule has 0 aromatic carbocycles. The molecule has 4 nitrogen and oxygen atoms in total. The lowest BCUT2D eigenvalue weighted by molar-refractivity contribution is -0.124. The summed E-state index contributed by atoms with van der Waals surface area (Å²) in [6, 6.07) is 0.370. The summed E-state index contributed by atoms with van der Waals surface area (Å²) in [5.41, 5.74) is 6.08. The quantitative estimate of drug-likeness (QED) is 0.741. The Morgan fingerprint density at radius 2 is 1.75 bits per heavy atom. The van der Waals surface area contributed by atoms with Crippen molar-refractivity contribution in [2.24, 2.45) is 17.1 Å². The second-order valence-electron chi connectivity index (χ2n) is 7.98. The van der Waals surface area contributed by atoms with Gasteiger partial charge in [-0.1, -0.05) is 33.1 Å². The minimum absolute atomic E-state index is 0. The minimum Gasteiger partial charge on any atom is -0.353 e. The molecule has 0 unspecified atom stereocenters. The number of hydrogen-bond donors (Lipinski definition) is 2. The van der Waals surface area contributed by atoms with Gasteiger partial charge < -0.3 is 16.0 Å². The Morgan fingerprint density at radius 3 is 2.25 bits per heavy atom. The normalized spacial score (nSPS) is 21.7. The third-order valence-electron chi connectivity index (χ3n) is 5.46. The van der Waals surface area contributed by atoms with E-state index in [2.05, 4.69) is 24.1 Å². The molecule has 0 aromatic heterocycles. The van der Waals surface area contributed by atoms with Crippen LogP contribution in [0.15, 0.2) is 0 Å². The van der Waals surface area contributed by atoms with Gasteiger partial charge in [0.05, 0.1) is 0 Å². The van der Waals surface area contributed by atoms with Crippen LogP contribution in [-0.2, 0) is 4.79 Å². The van der Waals surface area contributed by atoms with E-state index in [1.807, 2.05) is 0 Å². The predicted molar refractivity (Wildman–Crippen MR) is 106 cm³/mol. The highest BCUT2D eigenvalue weighted by Gasteiger charge is 2.33. The fourth-order valence-electron chi connectivity index (χ4n) is 4.15. The summed E-state index contributed by atoms with van der Waals surface area (Å²) in [4.78, 5) is 14.9. The first-order valence-corrected chi connectivity index (χ1v) is 9.25. The summed E-state index contributed by atoms with van der Waals surface area (Å²) in [6.45, 7) is 8.61. The Hall–Kier alpha value is -0.0300. The number of halogens is 2. The molecule has 0 atom stereocenters. The van der Waals surface area contributed by atoms with Crippen LogP contribution in [0.5, 0.6) is 0 Å². The fourth-order valence-corrected chi connectivity index (χ4v) is 4.15. The maximum Gasteiger partial charge on any atom is 0.220 e. The molecule has 144 valence electrons. The van der Waals surface area contributed by atoms with Crippen LogP contribution in [0, 0.1) is 11.3 Å². The van der Waals surface area contributed by atoms with E-state index < -0.39 is 0 Å². The van der Waals surface area contributed by atoms with Gasteiger partial charge in [0.15, 0.2) is 0 Å². The van der Waals surface area contributed by atoms with Crippen molar-refractivity contribution in [2.45, 2.75) is 71.3 Å². The van der Waals surface area contributed by atoms with Crippen LogP contribution in [-0.4, -0.2) is 43.0 Å². The summed E-state index contributed by atoms with van der Waals surface area (Å²) in [6.07, 6.45) is 8.85. The molecule has 1 saturated carbocycles. The van der Waals surface area contributed by atoms with Gasteiger partial charge in [-0.2, -0.15) is 0 Å². The van der Waals surface area contributed by atoms with E-state index in [9.17, 15) is 4.79 Å². The van der Waals surface area contributed by atoms with Gasteiger partial charge in [-0.05, 0) is 43.6 Å². The van der Waals surface area contributed by atoms with Crippen molar-refractivity contribution >= 4 is 30.7 Å². The van der Waals surface area contributed by atoms with E-state index in [0.717, 1.165) is 44.7 Å². The zero-order valence-corrected chi connectivity index (χ0v) is 17.0. The fraction of sp³-hybridized carbons (Fsp3) is 0.944. The molecule has 2 fully saturated rings. The number of hydrogen-bond acceptors (Lipinski definition) is 3. The molecule has 6 heteroatoms. The van der Waals surface area contributed by atoms with Gasteiger partial charge in [-0.3, -0.25) is 4.79 Å². The smallest absolute Gasteiger partial charge is 0.220 e. The van der Waals surface area contributed by atoms with Crippen LogP contribution in [0.2, 0.25) is 0 Å². The standard InChI is InChI=1S/C18H35N3O.2ClH/c1-15(2)13-21-10-6-16(7-11-21)20-17(22)12-18(14-19)8-4-3-5-9-18;;/h15-16H,3-14,19H2,1-2H3,(H,20,22);2*1H. The SMILES string of the molecule is CC(C)CN1CCC(NC(=O)CC2(CN)CCCCC2)CC1.Cl.Cl. The first kappa shape index (κ1) is 24.0. The molecule has 1 amide bonds. The summed E-state index contributed by atoms with van der Waals surface area (Å²) in [5.74, 6) is 0.955. The number of nitrogens with two attached hydrogens (primary N) is 1. The number of rotatable bonds is 6. The summed E-state index contributed by atoms with van der Waals surface area (Å²) < 4.78 is 0. The molecular weight excluding hydrogens is 345 g/mol. The summed E-state index contributed by atoms with van der Waals surface area (Å²) in [7, 11) is 0. The van der Waals surface area contributed by atoms with Crippen molar-refractivity contribution in [3.8, 4) is 0 Å². The molecule has 0 bridgehead atoms. The van der Waals surface area contributed by atoms with E-state index >= 15 is 0 Å². The highest BCUT2D eigenvalue weighted by Crippen LogP contribution is 2.38. The lowest BCUT2D eigenvalue weighted by Gasteiger charge is -2.37. The van der Waals surface area contributed by atoms with Crippen molar-refractivity contribution < 1.29 is 4.79 Å². The molecule has 0 radical (unpaired) electrons. The van der Waals surface area contributed by atoms with Crippen molar-refractivity contribution in [3.63, 3.8) is 0 Å². The monoisotopic (exact) mass is 381 g/mol. The average Bonchev–Trinajstić information content (AvgIpc) is 2.49. The number of nitrogens with one attached hydrogen (secondary N) is 1. The molecule has 2 aliphatic rings. The van der Waals surface area contributed by atoms with Crippen LogP contribution >= 0.6 is 24.8 Å². The molecular formula is C18H37Cl2N3O. The first-order valence-electron chi connectivity index (χ1n) is 9.25. The van der Waals surface area contributed by atoms with Gasteiger partial charge in [0.1, 0.15) is 0 Å². The maximum absolute atomic E-state index is 12.4. The second kappa shape index (κ2) is 11.6. The molecule has 1 aliphatic carbocycles. The van der Waals surface area contributed by atoms with E-state index in [-0.39, 0.29) is 36.1 Å². The Balaban J connectivity index is 0.00000264. The minimum atomic E-state index is 0. The molecule has 24 heavy (non-hydrogen) atoms. The first-order chi connectivity index (χ1) is 10.5. The summed E-state index contributed by atoms with van der Waals surface area (Å²) in [5, 5.41) is 3.28. The molecule has 3 N–H and O–H groups in total. The van der Waals surface area contributed by atoms with Crippen molar-refractivity contribution in [2.75, 3.05) is 26.2 Å². The van der Waals surface area contributed by atoms with Gasteiger partial charge in [0.25, 0.3) is 0 Å². The van der Waals surface area contributed by atoms with Crippen LogP contribution < -0.4 is 11.1 Å². The third-order valence-corrected chi connectivity index (χ3v) is 5.46. The van der Waals surface area contributed by atoms with Gasteiger partial charge in [0, 0.05) is 32.1 Å². The molecule has 1 saturated heterocycles. The van der Waals surface area contributed by atoms with E-state index in [4.69, 9.17) is 5.73 Å². The lowest BCUT2D eigenvalue weighted by Crippen LogP contribution is -2.47. The van der Waals surface area contributed by atoms with Crippen molar-refractivity contribution in [1.82, 2.24) is 10.2 Å². The van der Waals surface area contributed by atoms with E-state index in [0.29, 0.717) is 19.0 Å². The van der Waals surface area contributed by atoms with Crippen LogP contribution in [0.4, 0.5) is 0 Å². The second-order valence-corrected chi connectivity index (χ2v) is 7.98. The largest absolute Gasteiger partial charge is 0.353 e. The highest BCUT2D eigenvalue weighted by molar-refractivity contribution is 5.85. The van der Waals surface area contributed by atoms with Gasteiger partial charge in [-0.25, -0.2) is 0 Å². The average molecular weight is 382 g/mol. The zero-order valence-electron chi connectivity index (χ0n) is 15.4. The molecule has 1 heterocycles. The molecule has 0 aromatic rings. The topological polar surface area (TPSA) is 58.4 Å². The maximum atomic E-state index is 12.4. The predicted octanol–water partition coefficient (Wildman–Crippen LogP) is 3.37. The number of carbonyl (C=O) groups excluding carboxylic acids is 1. The van der Waals surface area contributed by atoms with Crippen molar-refractivity contribution in [3.05, 3.63) is 0 Å². The van der Waals surface area contributed by atoms with E-state index in [1.165, 1.54) is 25.8 Å². The number of amides is 1. The Bertz CT molecular complexity index is 352. The lowest BCUT2D eigenvalue weighted by atomic mass is 9.71. The van der Waals surface area contributed by atoms with E-state index in [1.54, 1.807) is 0 Å². The Kier molecular flexibility index (Phi) is 11.5. The number of carbonyl (C=O) groups is 1. The number of likely N-dealkylation sites (tertiary alicyclic amines) is 1. The van der Waals surface area contributed by atoms with Gasteiger partial charge in [0.2, 0.25) is 5.91 Å². The van der Waals surface area contributed by atoms with Crippen molar-refractivity contribution in [1.29, 1.82) is 0 Å².